The van der Waals surface area contributed by atoms with Gasteiger partial charge >= 0.3 is 0 Å². The van der Waals surface area contributed by atoms with Gasteiger partial charge in [0.15, 0.2) is 0 Å². The van der Waals surface area contributed by atoms with Crippen LogP contribution in [0.3, 0.4) is 0 Å². The van der Waals surface area contributed by atoms with Gasteiger partial charge in [-0.25, -0.2) is 0 Å². The monoisotopic (exact) mass is 284 g/mol. The summed E-state index contributed by atoms with van der Waals surface area (Å²) < 4.78 is 5.07. The molecule has 0 heterocycles. The molecular weight excluding hydrogens is 260 g/mol. The summed E-state index contributed by atoms with van der Waals surface area (Å²) in [7, 11) is 3.85. The highest BCUT2D eigenvalue weighted by Crippen LogP contribution is 2.19. The minimum atomic E-state index is 0.370. The maximum Gasteiger partial charge on any atom is 0.0589 e. The number of benzene rings is 1. The van der Waals surface area contributed by atoms with E-state index in [1.807, 2.05) is 18.2 Å². The summed E-state index contributed by atoms with van der Waals surface area (Å²) in [6, 6.07) is 8.46. The largest absolute Gasteiger partial charge is 0.383 e. The van der Waals surface area contributed by atoms with Gasteiger partial charge in [-0.1, -0.05) is 30.7 Å². The normalized spacial score (nSPS) is 12.9. The Morgan fingerprint density at radius 1 is 1.37 bits per heavy atom. The van der Waals surface area contributed by atoms with E-state index in [0.29, 0.717) is 6.04 Å². The molecule has 19 heavy (non-hydrogen) atoms. The quantitative estimate of drug-likeness (QED) is 0.754. The van der Waals surface area contributed by atoms with Crippen LogP contribution in [-0.2, 0) is 4.74 Å². The summed E-state index contributed by atoms with van der Waals surface area (Å²) in [5, 5.41) is 4.38. The zero-order chi connectivity index (χ0) is 14.1. The highest BCUT2D eigenvalue weighted by molar-refractivity contribution is 6.30. The fourth-order valence-electron chi connectivity index (χ4n) is 2.01. The van der Waals surface area contributed by atoms with Crippen molar-refractivity contribution in [1.82, 2.24) is 10.2 Å². The number of methoxy groups -OCH3 is 1. The summed E-state index contributed by atoms with van der Waals surface area (Å²) in [6.07, 6.45) is 1.06. The van der Waals surface area contributed by atoms with E-state index in [0.717, 1.165) is 37.7 Å². The molecule has 1 atom stereocenters. The number of ether oxygens (including phenoxy) is 1. The van der Waals surface area contributed by atoms with Crippen LogP contribution in [0, 0.1) is 0 Å². The molecule has 0 saturated heterocycles. The van der Waals surface area contributed by atoms with Crippen molar-refractivity contribution in [3.8, 4) is 0 Å². The first-order chi connectivity index (χ1) is 9.17. The van der Waals surface area contributed by atoms with Crippen LogP contribution in [0.2, 0.25) is 5.02 Å². The summed E-state index contributed by atoms with van der Waals surface area (Å²) in [6.45, 7) is 5.91. The molecular formula is C15H25ClN2O. The summed E-state index contributed by atoms with van der Waals surface area (Å²) >= 11 is 6.04. The van der Waals surface area contributed by atoms with E-state index >= 15 is 0 Å². The van der Waals surface area contributed by atoms with Gasteiger partial charge in [-0.15, -0.1) is 0 Å². The molecule has 0 aliphatic rings. The molecule has 4 heteroatoms. The SMILES string of the molecule is CCC(NCCN(C)CCOC)c1cccc(Cl)c1. The van der Waals surface area contributed by atoms with Gasteiger partial charge in [-0.2, -0.15) is 0 Å². The second kappa shape index (κ2) is 9.32. The summed E-state index contributed by atoms with van der Waals surface area (Å²) in [4.78, 5) is 2.27. The molecule has 0 spiro atoms. The standard InChI is InChI=1S/C15H25ClN2O/c1-4-15(13-6-5-7-14(16)12-13)17-8-9-18(2)10-11-19-3/h5-7,12,15,17H,4,8-11H2,1-3H3. The first kappa shape index (κ1) is 16.4. The Morgan fingerprint density at radius 2 is 2.16 bits per heavy atom. The molecule has 1 aromatic rings. The minimum Gasteiger partial charge on any atom is -0.383 e. The van der Waals surface area contributed by atoms with Crippen LogP contribution < -0.4 is 5.32 Å². The van der Waals surface area contributed by atoms with Crippen LogP contribution in [-0.4, -0.2) is 45.3 Å². The predicted molar refractivity (Wildman–Crippen MR) is 81.9 cm³/mol. The predicted octanol–water partition coefficient (Wildman–Crippen LogP) is 2.96. The summed E-state index contributed by atoms with van der Waals surface area (Å²) in [5.74, 6) is 0. The van der Waals surface area contributed by atoms with Crippen molar-refractivity contribution >= 4 is 11.6 Å². The lowest BCUT2D eigenvalue weighted by Gasteiger charge is -2.21. The maximum absolute atomic E-state index is 6.04. The Labute approximate surface area is 121 Å². The van der Waals surface area contributed by atoms with Gasteiger partial charge in [-0.05, 0) is 31.2 Å². The van der Waals surface area contributed by atoms with Gasteiger partial charge in [0.1, 0.15) is 0 Å². The molecule has 108 valence electrons. The zero-order valence-electron chi connectivity index (χ0n) is 12.2. The molecule has 0 fully saturated rings. The molecule has 1 unspecified atom stereocenters. The third kappa shape index (κ3) is 6.39. The Kier molecular flexibility index (Phi) is 8.07. The second-order valence-electron chi connectivity index (χ2n) is 4.77. The van der Waals surface area contributed by atoms with Crippen molar-refractivity contribution in [2.24, 2.45) is 0 Å². The molecule has 0 radical (unpaired) electrons. The van der Waals surface area contributed by atoms with E-state index in [-0.39, 0.29) is 0 Å². The molecule has 0 saturated carbocycles. The van der Waals surface area contributed by atoms with E-state index in [9.17, 15) is 0 Å². The zero-order valence-corrected chi connectivity index (χ0v) is 12.9. The molecule has 0 aromatic heterocycles. The van der Waals surface area contributed by atoms with Gasteiger partial charge < -0.3 is 15.0 Å². The van der Waals surface area contributed by atoms with Crippen molar-refractivity contribution in [2.45, 2.75) is 19.4 Å². The molecule has 3 nitrogen and oxygen atoms in total. The molecule has 1 N–H and O–H groups in total. The average molecular weight is 285 g/mol. The van der Waals surface area contributed by atoms with Crippen LogP contribution in [0.4, 0.5) is 0 Å². The molecule has 1 aromatic carbocycles. The Balaban J connectivity index is 2.37. The van der Waals surface area contributed by atoms with E-state index in [2.05, 4.69) is 30.3 Å². The maximum atomic E-state index is 6.04. The number of rotatable bonds is 9. The molecule has 0 aliphatic carbocycles. The fourth-order valence-corrected chi connectivity index (χ4v) is 2.21. The van der Waals surface area contributed by atoms with Gasteiger partial charge in [0.2, 0.25) is 0 Å². The van der Waals surface area contributed by atoms with E-state index in [1.54, 1.807) is 7.11 Å². The Bertz CT molecular complexity index is 360. The Morgan fingerprint density at radius 3 is 2.79 bits per heavy atom. The van der Waals surface area contributed by atoms with Crippen LogP contribution >= 0.6 is 11.6 Å². The van der Waals surface area contributed by atoms with Crippen molar-refractivity contribution < 1.29 is 4.74 Å². The third-order valence-corrected chi connectivity index (χ3v) is 3.46. The Hall–Kier alpha value is -0.610. The topological polar surface area (TPSA) is 24.5 Å². The molecule has 0 bridgehead atoms. The van der Waals surface area contributed by atoms with Gasteiger partial charge in [0.25, 0.3) is 0 Å². The van der Waals surface area contributed by atoms with Crippen LogP contribution in [0.1, 0.15) is 24.9 Å². The van der Waals surface area contributed by atoms with Gasteiger partial charge in [0, 0.05) is 37.8 Å². The molecule has 0 amide bonds. The second-order valence-corrected chi connectivity index (χ2v) is 5.20. The first-order valence-electron chi connectivity index (χ1n) is 6.83. The number of halogens is 1. The lowest BCUT2D eigenvalue weighted by molar-refractivity contribution is 0.161. The number of nitrogens with one attached hydrogen (secondary N) is 1. The van der Waals surface area contributed by atoms with Crippen LogP contribution in [0.5, 0.6) is 0 Å². The smallest absolute Gasteiger partial charge is 0.0589 e. The lowest BCUT2D eigenvalue weighted by Crippen LogP contribution is -2.33. The van der Waals surface area contributed by atoms with Gasteiger partial charge in [0.05, 0.1) is 6.61 Å². The van der Waals surface area contributed by atoms with Crippen molar-refractivity contribution in [1.29, 1.82) is 0 Å². The van der Waals surface area contributed by atoms with E-state index in [4.69, 9.17) is 16.3 Å². The number of hydrogen-bond donors (Lipinski definition) is 1. The molecule has 0 aliphatic heterocycles. The number of nitrogens with zero attached hydrogens (tertiary/aromatic N) is 1. The average Bonchev–Trinajstić information content (AvgIpc) is 2.41. The van der Waals surface area contributed by atoms with E-state index in [1.165, 1.54) is 5.56 Å². The van der Waals surface area contributed by atoms with Gasteiger partial charge in [-0.3, -0.25) is 0 Å². The minimum absolute atomic E-state index is 0.370. The fraction of sp³-hybridized carbons (Fsp3) is 0.600. The highest BCUT2D eigenvalue weighted by Gasteiger charge is 2.09. The van der Waals surface area contributed by atoms with Crippen molar-refractivity contribution in [3.05, 3.63) is 34.9 Å². The first-order valence-corrected chi connectivity index (χ1v) is 7.21. The summed E-state index contributed by atoms with van der Waals surface area (Å²) in [5.41, 5.74) is 1.26. The third-order valence-electron chi connectivity index (χ3n) is 3.22. The number of hydrogen-bond acceptors (Lipinski definition) is 3. The highest BCUT2D eigenvalue weighted by atomic mass is 35.5. The molecule has 1 rings (SSSR count). The van der Waals surface area contributed by atoms with Crippen molar-refractivity contribution in [2.75, 3.05) is 40.4 Å². The van der Waals surface area contributed by atoms with Crippen molar-refractivity contribution in [3.63, 3.8) is 0 Å². The number of likely N-dealkylation sites (N-methyl/N-ethyl adjacent to an activating group) is 1. The van der Waals surface area contributed by atoms with E-state index < -0.39 is 0 Å². The van der Waals surface area contributed by atoms with Crippen LogP contribution in [0.25, 0.3) is 0 Å². The lowest BCUT2D eigenvalue weighted by atomic mass is 10.0. The van der Waals surface area contributed by atoms with Crippen LogP contribution in [0.15, 0.2) is 24.3 Å².